The SMILES string of the molecule is c1ccc(-c2ccc(N(c3ccc(-c4ccc(N(c5ccccc5)c5ccc(-c6ccccc6)c6ccccc56)cc4)cc3)c3ccc(-c4ccc5ccccc5c4)cc3)cc2)cc1.c1ccc(-c2ccc(N(c3ccc(-c4ccccc4)cc3)c3ccc(-c4ccc(N(c5ccc(-c6ccccc6)cc5)c5ccc(-c6ccccc6)cc5)cc4)cc3)cc2)cc1. The van der Waals surface area contributed by atoms with E-state index in [4.69, 9.17) is 0 Å². The largest absolute Gasteiger partial charge is 0.311 e. The second-order valence-electron chi connectivity index (χ2n) is 31.6. The zero-order chi connectivity index (χ0) is 84.2. The van der Waals surface area contributed by atoms with Crippen molar-refractivity contribution < 1.29 is 0 Å². The highest BCUT2D eigenvalue weighted by Crippen LogP contribution is 2.46. The lowest BCUT2D eigenvalue weighted by molar-refractivity contribution is 1.28. The van der Waals surface area contributed by atoms with Gasteiger partial charge in [0.05, 0.1) is 5.69 Å². The van der Waals surface area contributed by atoms with E-state index in [1.54, 1.807) is 0 Å². The van der Waals surface area contributed by atoms with Gasteiger partial charge in [0.1, 0.15) is 0 Å². The molecule has 0 atom stereocenters. The van der Waals surface area contributed by atoms with Gasteiger partial charge in [0.25, 0.3) is 0 Å². The van der Waals surface area contributed by atoms with Crippen molar-refractivity contribution in [3.8, 4) is 100 Å². The van der Waals surface area contributed by atoms with Gasteiger partial charge < -0.3 is 19.6 Å². The van der Waals surface area contributed by atoms with E-state index in [2.05, 4.69) is 553 Å². The third kappa shape index (κ3) is 17.0. The Labute approximate surface area is 738 Å². The summed E-state index contributed by atoms with van der Waals surface area (Å²) in [5, 5.41) is 4.93. The van der Waals surface area contributed by atoms with Crippen molar-refractivity contribution in [3.05, 3.63) is 534 Å². The number of benzene rings is 21. The van der Waals surface area contributed by atoms with Crippen molar-refractivity contribution in [2.45, 2.75) is 0 Å². The molecule has 0 heterocycles. The first kappa shape index (κ1) is 77.9. The Morgan fingerprint density at radius 3 is 0.571 bits per heavy atom. The molecule has 0 radical (unpaired) electrons. The Morgan fingerprint density at radius 1 is 0.103 bits per heavy atom. The molecule has 596 valence electrons. The average molecular weight is 1610 g/mol. The first-order valence-electron chi connectivity index (χ1n) is 43.1. The second kappa shape index (κ2) is 36.3. The Kier molecular flexibility index (Phi) is 22.5. The second-order valence-corrected chi connectivity index (χ2v) is 31.6. The van der Waals surface area contributed by atoms with Gasteiger partial charge in [-0.3, -0.25) is 0 Å². The molecule has 0 spiro atoms. The first-order chi connectivity index (χ1) is 62.5. The zero-order valence-electron chi connectivity index (χ0n) is 69.6. The van der Waals surface area contributed by atoms with Gasteiger partial charge in [-0.15, -0.1) is 0 Å². The topological polar surface area (TPSA) is 13.0 Å². The molecule has 0 aliphatic rings. The number of fused-ring (bicyclic) bond motifs is 2. The van der Waals surface area contributed by atoms with Gasteiger partial charge in [0, 0.05) is 67.9 Å². The predicted octanol–water partition coefficient (Wildman–Crippen LogP) is 34.6. The third-order valence-electron chi connectivity index (χ3n) is 23.8. The summed E-state index contributed by atoms with van der Waals surface area (Å²) in [7, 11) is 0. The predicted molar refractivity (Wildman–Crippen MR) is 536 cm³/mol. The molecule has 0 aliphatic heterocycles. The van der Waals surface area contributed by atoms with E-state index in [1.165, 1.54) is 99.4 Å². The highest BCUT2D eigenvalue weighted by molar-refractivity contribution is 6.06. The number of hydrogen-bond acceptors (Lipinski definition) is 4. The van der Waals surface area contributed by atoms with Gasteiger partial charge >= 0.3 is 0 Å². The summed E-state index contributed by atoms with van der Waals surface area (Å²) < 4.78 is 0. The van der Waals surface area contributed by atoms with Gasteiger partial charge in [-0.05, 0) is 262 Å². The fraction of sp³-hybridized carbons (Fsp3) is 0. The van der Waals surface area contributed by atoms with Crippen LogP contribution in [0, 0.1) is 0 Å². The summed E-state index contributed by atoms with van der Waals surface area (Å²) in [6.45, 7) is 0. The quantitative estimate of drug-likeness (QED) is 0.0711. The minimum atomic E-state index is 1.09. The molecular weight excluding hydrogens is 1520 g/mol. The summed E-state index contributed by atoms with van der Waals surface area (Å²) in [5.41, 5.74) is 34.7. The maximum Gasteiger partial charge on any atom is 0.0540 e. The zero-order valence-corrected chi connectivity index (χ0v) is 69.6. The summed E-state index contributed by atoms with van der Waals surface area (Å²) >= 11 is 0. The third-order valence-corrected chi connectivity index (χ3v) is 23.8. The van der Waals surface area contributed by atoms with E-state index in [0.717, 1.165) is 90.5 Å². The van der Waals surface area contributed by atoms with Gasteiger partial charge in [-0.2, -0.15) is 0 Å². The van der Waals surface area contributed by atoms with E-state index in [0.29, 0.717) is 0 Å². The van der Waals surface area contributed by atoms with E-state index in [1.807, 2.05) is 0 Å². The number of nitrogens with zero attached hydrogens (tertiary/aromatic N) is 4. The van der Waals surface area contributed by atoms with Gasteiger partial charge in [0.2, 0.25) is 0 Å². The molecule has 0 saturated heterocycles. The molecule has 21 rings (SSSR count). The van der Waals surface area contributed by atoms with Crippen molar-refractivity contribution >= 4 is 89.8 Å². The van der Waals surface area contributed by atoms with E-state index in [9.17, 15) is 0 Å². The lowest BCUT2D eigenvalue weighted by atomic mass is 9.96. The maximum atomic E-state index is 2.37. The highest BCUT2D eigenvalue weighted by Gasteiger charge is 2.22. The van der Waals surface area contributed by atoms with Crippen LogP contribution in [-0.4, -0.2) is 0 Å². The van der Waals surface area contributed by atoms with Crippen LogP contribution in [0.25, 0.3) is 122 Å². The Bertz CT molecular complexity index is 6790. The fourth-order valence-electron chi connectivity index (χ4n) is 17.2. The number of anilines is 12. The molecule has 0 unspecified atom stereocenters. The van der Waals surface area contributed by atoms with Crippen LogP contribution in [0.1, 0.15) is 0 Å². The molecule has 0 aliphatic carbocycles. The summed E-state index contributed by atoms with van der Waals surface area (Å²) in [6, 6.07) is 192. The van der Waals surface area contributed by atoms with Crippen LogP contribution in [-0.2, 0) is 0 Å². The van der Waals surface area contributed by atoms with Crippen molar-refractivity contribution in [3.63, 3.8) is 0 Å². The summed E-state index contributed by atoms with van der Waals surface area (Å²) in [6.07, 6.45) is 0. The molecule has 4 nitrogen and oxygen atoms in total. The first-order valence-corrected chi connectivity index (χ1v) is 43.1. The van der Waals surface area contributed by atoms with Crippen molar-refractivity contribution in [2.75, 3.05) is 19.6 Å². The molecule has 21 aromatic carbocycles. The normalized spacial score (nSPS) is 11.0. The minimum absolute atomic E-state index is 1.09. The molecule has 0 bridgehead atoms. The standard InChI is InChI=1S/C62H44N2.C60H44N2/c1-4-14-45(15-5-1)47-26-34-55(35-27-47)63(57-38-32-50(33-39-57)53-25-24-46-16-10-11-19-52(46)44-53)56-36-28-48(29-37-56)49-30-40-58(41-31-49)64(54-20-8-3-9-21-54)62-43-42-59(51-17-6-2-7-18-51)60-22-12-13-23-61(60)62;1-5-13-45(14-6-1)49-21-33-55(34-22-49)61(56-35-23-50(24-36-56)46-15-7-2-8-16-46)59-41-29-53(30-42-59)54-31-43-60(44-32-54)62(57-37-25-51(26-38-57)47-17-9-3-10-18-47)58-39-27-52(28-40-58)48-19-11-4-12-20-48/h1-44H;1-44H. The molecule has 0 N–H and O–H groups in total. The smallest absolute Gasteiger partial charge is 0.0540 e. The summed E-state index contributed by atoms with van der Waals surface area (Å²) in [5.74, 6) is 0. The number of hydrogen-bond donors (Lipinski definition) is 0. The summed E-state index contributed by atoms with van der Waals surface area (Å²) in [4.78, 5) is 9.38. The van der Waals surface area contributed by atoms with Crippen molar-refractivity contribution in [2.24, 2.45) is 0 Å². The lowest BCUT2D eigenvalue weighted by Gasteiger charge is -2.28. The van der Waals surface area contributed by atoms with Gasteiger partial charge in [0.15, 0.2) is 0 Å². The molecule has 126 heavy (non-hydrogen) atoms. The molecule has 0 saturated carbocycles. The van der Waals surface area contributed by atoms with Crippen LogP contribution >= 0.6 is 0 Å². The van der Waals surface area contributed by atoms with E-state index < -0.39 is 0 Å². The van der Waals surface area contributed by atoms with Crippen molar-refractivity contribution in [1.82, 2.24) is 0 Å². The van der Waals surface area contributed by atoms with Crippen LogP contribution in [0.4, 0.5) is 68.2 Å². The lowest BCUT2D eigenvalue weighted by Crippen LogP contribution is -2.10. The average Bonchev–Trinajstić information content (AvgIpc) is 0.757. The molecule has 21 aromatic rings. The Hall–Kier alpha value is -16.7. The van der Waals surface area contributed by atoms with E-state index >= 15 is 0 Å². The van der Waals surface area contributed by atoms with Crippen LogP contribution in [0.2, 0.25) is 0 Å². The van der Waals surface area contributed by atoms with Crippen LogP contribution < -0.4 is 19.6 Å². The number of para-hydroxylation sites is 1. The van der Waals surface area contributed by atoms with Gasteiger partial charge in [-0.25, -0.2) is 0 Å². The Balaban J connectivity index is 0.000000159. The molecule has 4 heteroatoms. The molecular formula is C122H88N4. The molecule has 0 amide bonds. The minimum Gasteiger partial charge on any atom is -0.311 e. The molecule has 0 fully saturated rings. The maximum absolute atomic E-state index is 2.37. The van der Waals surface area contributed by atoms with Crippen molar-refractivity contribution in [1.29, 1.82) is 0 Å². The number of rotatable bonds is 21. The monoisotopic (exact) mass is 1610 g/mol. The van der Waals surface area contributed by atoms with Crippen LogP contribution in [0.15, 0.2) is 534 Å². The Morgan fingerprint density at radius 2 is 0.294 bits per heavy atom. The fourth-order valence-corrected chi connectivity index (χ4v) is 17.2. The van der Waals surface area contributed by atoms with Crippen LogP contribution in [0.3, 0.4) is 0 Å². The van der Waals surface area contributed by atoms with Crippen LogP contribution in [0.5, 0.6) is 0 Å². The molecule has 0 aromatic heterocycles. The van der Waals surface area contributed by atoms with Gasteiger partial charge in [-0.1, -0.05) is 388 Å². The highest BCUT2D eigenvalue weighted by atomic mass is 15.2. The van der Waals surface area contributed by atoms with E-state index in [-0.39, 0.29) is 0 Å².